The Balaban J connectivity index is 1.93. The van der Waals surface area contributed by atoms with Crippen LogP contribution >= 0.6 is 34.8 Å². The number of benzene rings is 2. The van der Waals surface area contributed by atoms with Gasteiger partial charge in [0.05, 0.1) is 15.7 Å². The summed E-state index contributed by atoms with van der Waals surface area (Å²) in [6.45, 7) is 0. The van der Waals surface area contributed by atoms with Crippen LogP contribution in [0.5, 0.6) is 0 Å². The lowest BCUT2D eigenvalue weighted by Gasteiger charge is -2.10. The second kappa shape index (κ2) is 7.26. The molecule has 0 radical (unpaired) electrons. The Hall–Kier alpha value is -3.01. The lowest BCUT2D eigenvalue weighted by molar-refractivity contribution is -0.141. The highest BCUT2D eigenvalue weighted by Crippen LogP contribution is 2.42. The van der Waals surface area contributed by atoms with E-state index >= 15 is 0 Å². The quantitative estimate of drug-likeness (QED) is 0.267. The zero-order valence-corrected chi connectivity index (χ0v) is 17.6. The second-order valence-electron chi connectivity index (χ2n) is 6.64. The number of aromatic nitrogens is 3. The van der Waals surface area contributed by atoms with Crippen molar-refractivity contribution in [3.8, 4) is 16.9 Å². The summed E-state index contributed by atoms with van der Waals surface area (Å²) in [6, 6.07) is 10.2. The average molecular weight is 501 g/mol. The number of hydrogen-bond acceptors (Lipinski definition) is 5. The zero-order valence-electron chi connectivity index (χ0n) is 15.4. The first kappa shape index (κ1) is 20.9. The van der Waals surface area contributed by atoms with E-state index in [0.717, 1.165) is 0 Å². The van der Waals surface area contributed by atoms with Gasteiger partial charge in [-0.3, -0.25) is 0 Å². The third-order valence-electron chi connectivity index (χ3n) is 4.69. The molecule has 3 aromatic heterocycles. The molecular formula is C20H7Cl3F3N3O3. The van der Waals surface area contributed by atoms with Crippen LogP contribution in [0.3, 0.4) is 0 Å². The lowest BCUT2D eigenvalue weighted by Crippen LogP contribution is -2.13. The molecule has 0 bridgehead atoms. The van der Waals surface area contributed by atoms with E-state index in [9.17, 15) is 18.0 Å². The van der Waals surface area contributed by atoms with Gasteiger partial charge in [-0.25, -0.2) is 9.48 Å². The topological polar surface area (TPSA) is 74.1 Å². The molecule has 0 aliphatic heterocycles. The van der Waals surface area contributed by atoms with Crippen molar-refractivity contribution in [3.05, 3.63) is 73.6 Å². The molecule has 0 saturated carbocycles. The van der Waals surface area contributed by atoms with Gasteiger partial charge in [0.2, 0.25) is 0 Å². The van der Waals surface area contributed by atoms with E-state index in [4.69, 9.17) is 43.7 Å². The van der Waals surface area contributed by atoms with Gasteiger partial charge in [-0.2, -0.15) is 13.2 Å². The van der Waals surface area contributed by atoms with Gasteiger partial charge < -0.3 is 8.94 Å². The van der Waals surface area contributed by atoms with Gasteiger partial charge >= 0.3 is 11.8 Å². The highest BCUT2D eigenvalue weighted by molar-refractivity contribution is 6.39. The molecule has 0 fully saturated rings. The summed E-state index contributed by atoms with van der Waals surface area (Å²) in [6.07, 6.45) is -4.90. The second-order valence-corrected chi connectivity index (χ2v) is 7.89. The maximum absolute atomic E-state index is 14.2. The first-order chi connectivity index (χ1) is 15.2. The molecule has 0 aliphatic carbocycles. The Bertz CT molecular complexity index is 1570. The van der Waals surface area contributed by atoms with Crippen molar-refractivity contribution in [2.75, 3.05) is 0 Å². The Labute approximate surface area is 190 Å². The first-order valence-corrected chi connectivity index (χ1v) is 9.93. The minimum Gasteiger partial charge on any atom is -0.401 e. The number of halogens is 6. The van der Waals surface area contributed by atoms with E-state index in [-0.39, 0.29) is 37.4 Å². The largest absolute Gasteiger partial charge is 0.434 e. The maximum Gasteiger partial charge on any atom is 0.434 e. The molecule has 3 heterocycles. The third-order valence-corrected chi connectivity index (χ3v) is 5.55. The summed E-state index contributed by atoms with van der Waals surface area (Å²) < 4.78 is 53.4. The fourth-order valence-electron chi connectivity index (χ4n) is 3.41. The lowest BCUT2D eigenvalue weighted by atomic mass is 10.1. The van der Waals surface area contributed by atoms with Crippen LogP contribution in [-0.4, -0.2) is 14.9 Å². The van der Waals surface area contributed by atoms with Crippen LogP contribution in [0, 0.1) is 0 Å². The monoisotopic (exact) mass is 499 g/mol. The molecule has 162 valence electrons. The highest BCUT2D eigenvalue weighted by atomic mass is 35.5. The van der Waals surface area contributed by atoms with E-state index < -0.39 is 34.2 Å². The van der Waals surface area contributed by atoms with Crippen LogP contribution in [0.2, 0.25) is 15.1 Å². The van der Waals surface area contributed by atoms with Gasteiger partial charge in [-0.05, 0) is 30.3 Å². The molecule has 5 aromatic rings. The molecular weight excluding hydrogens is 494 g/mol. The standard InChI is InChI=1S/C20H7Cl3F3N3O3/c21-8-3-1-4-9(7-8)29-17(20(24,25)26)14-16-13(19(30)31-18(14)27-29)15(28-32-16)12-10(22)5-2-6-11(12)23/h1-7H. The Morgan fingerprint density at radius 2 is 1.66 bits per heavy atom. The van der Waals surface area contributed by atoms with Crippen molar-refractivity contribution in [1.82, 2.24) is 14.9 Å². The summed E-state index contributed by atoms with van der Waals surface area (Å²) in [7, 11) is 0. The zero-order chi connectivity index (χ0) is 22.8. The SMILES string of the molecule is O=c1oc2nn(-c3cccc(Cl)c3)c(C(F)(F)F)c2c2onc(-c3c(Cl)cccc3Cl)c12. The Morgan fingerprint density at radius 3 is 2.31 bits per heavy atom. The average Bonchev–Trinajstić information content (AvgIpc) is 3.30. The van der Waals surface area contributed by atoms with Crippen LogP contribution in [0.15, 0.2) is 56.2 Å². The molecule has 0 saturated heterocycles. The molecule has 0 unspecified atom stereocenters. The van der Waals surface area contributed by atoms with Crippen molar-refractivity contribution < 1.29 is 22.1 Å². The van der Waals surface area contributed by atoms with E-state index in [1.54, 1.807) is 6.07 Å². The van der Waals surface area contributed by atoms with Crippen LogP contribution in [0.25, 0.3) is 39.0 Å². The van der Waals surface area contributed by atoms with Gasteiger partial charge in [0.15, 0.2) is 11.3 Å². The molecule has 0 aliphatic rings. The fraction of sp³-hybridized carbons (Fsp3) is 0.0500. The molecule has 0 atom stereocenters. The molecule has 6 nitrogen and oxygen atoms in total. The molecule has 5 rings (SSSR count). The summed E-state index contributed by atoms with van der Waals surface area (Å²) in [5.74, 6) is 0. The van der Waals surface area contributed by atoms with Crippen molar-refractivity contribution in [1.29, 1.82) is 0 Å². The minimum atomic E-state index is -4.90. The normalized spacial score (nSPS) is 12.2. The summed E-state index contributed by atoms with van der Waals surface area (Å²) >= 11 is 18.3. The first-order valence-electron chi connectivity index (χ1n) is 8.79. The van der Waals surface area contributed by atoms with Crippen LogP contribution in [0.1, 0.15) is 5.69 Å². The van der Waals surface area contributed by atoms with Gasteiger partial charge in [0.25, 0.3) is 5.71 Å². The predicted octanol–water partition coefficient (Wildman–Crippen LogP) is 6.77. The Morgan fingerprint density at radius 1 is 0.969 bits per heavy atom. The Kier molecular flexibility index (Phi) is 4.74. The summed E-state index contributed by atoms with van der Waals surface area (Å²) in [4.78, 5) is 12.7. The van der Waals surface area contributed by atoms with Crippen LogP contribution in [0.4, 0.5) is 13.2 Å². The number of rotatable bonds is 2. The fourth-order valence-corrected chi connectivity index (χ4v) is 4.18. The van der Waals surface area contributed by atoms with E-state index in [2.05, 4.69) is 10.3 Å². The third kappa shape index (κ3) is 3.16. The van der Waals surface area contributed by atoms with E-state index in [1.165, 1.54) is 36.4 Å². The molecule has 0 spiro atoms. The van der Waals surface area contributed by atoms with Crippen molar-refractivity contribution in [2.45, 2.75) is 6.18 Å². The van der Waals surface area contributed by atoms with Gasteiger partial charge in [0, 0.05) is 10.6 Å². The van der Waals surface area contributed by atoms with Crippen molar-refractivity contribution in [2.24, 2.45) is 0 Å². The maximum atomic E-state index is 14.2. The summed E-state index contributed by atoms with van der Waals surface area (Å²) in [5.41, 5.74) is -3.29. The molecule has 2 aromatic carbocycles. The number of fused-ring (bicyclic) bond motifs is 3. The minimum absolute atomic E-state index is 0.00529. The number of nitrogens with zero attached hydrogens (tertiary/aromatic N) is 3. The van der Waals surface area contributed by atoms with Gasteiger partial charge in [-0.15, -0.1) is 5.10 Å². The van der Waals surface area contributed by atoms with Crippen LogP contribution in [-0.2, 0) is 6.18 Å². The van der Waals surface area contributed by atoms with E-state index in [1.807, 2.05) is 0 Å². The predicted molar refractivity (Wildman–Crippen MR) is 113 cm³/mol. The molecule has 0 N–H and O–H groups in total. The number of alkyl halides is 3. The van der Waals surface area contributed by atoms with Crippen LogP contribution < -0.4 is 5.63 Å². The van der Waals surface area contributed by atoms with Crippen molar-refractivity contribution in [3.63, 3.8) is 0 Å². The van der Waals surface area contributed by atoms with Gasteiger partial charge in [-0.1, -0.05) is 52.1 Å². The smallest absolute Gasteiger partial charge is 0.401 e. The molecule has 0 amide bonds. The highest BCUT2D eigenvalue weighted by Gasteiger charge is 2.41. The van der Waals surface area contributed by atoms with Crippen molar-refractivity contribution >= 4 is 56.9 Å². The number of hydrogen-bond donors (Lipinski definition) is 0. The molecule has 12 heteroatoms. The molecule has 32 heavy (non-hydrogen) atoms. The van der Waals surface area contributed by atoms with Gasteiger partial charge in [0.1, 0.15) is 16.5 Å². The van der Waals surface area contributed by atoms with E-state index in [0.29, 0.717) is 4.68 Å². The summed E-state index contributed by atoms with van der Waals surface area (Å²) in [5, 5.41) is 7.16.